The lowest BCUT2D eigenvalue weighted by Crippen LogP contribution is -2.31. The number of benzene rings is 2. The van der Waals surface area contributed by atoms with Crippen LogP contribution in [0.4, 0.5) is 0 Å². The van der Waals surface area contributed by atoms with Crippen LogP contribution >= 0.6 is 0 Å². The van der Waals surface area contributed by atoms with E-state index in [0.717, 1.165) is 0 Å². The van der Waals surface area contributed by atoms with Crippen LogP contribution in [-0.2, 0) is 14.3 Å². The Balaban J connectivity index is 2.10. The predicted octanol–water partition coefficient (Wildman–Crippen LogP) is 4.98. The second-order valence-electron chi connectivity index (χ2n) is 9.95. The van der Waals surface area contributed by atoms with Gasteiger partial charge in [0.05, 0.1) is 45.7 Å². The molecular weight excluding hydrogens is 502 g/mol. The maximum atomic E-state index is 13.4. The first kappa shape index (κ1) is 29.8. The van der Waals surface area contributed by atoms with Gasteiger partial charge in [-0.05, 0) is 68.1 Å². The molecule has 0 aliphatic carbocycles. The summed E-state index contributed by atoms with van der Waals surface area (Å²) < 4.78 is 27.9. The molecular formula is C30H39NO8. The molecule has 1 aliphatic heterocycles. The van der Waals surface area contributed by atoms with E-state index < -0.39 is 17.7 Å². The molecule has 1 fully saturated rings. The molecule has 0 radical (unpaired) electrons. The Bertz CT molecular complexity index is 1160. The van der Waals surface area contributed by atoms with Crippen LogP contribution in [0.1, 0.15) is 51.3 Å². The molecule has 9 heteroatoms. The average Bonchev–Trinajstić information content (AvgIpc) is 3.18. The molecule has 1 N–H and O–H groups in total. The number of nitrogens with zero attached hydrogens (tertiary/aromatic N) is 1. The van der Waals surface area contributed by atoms with Crippen molar-refractivity contribution in [2.45, 2.75) is 46.3 Å². The molecule has 0 aromatic heterocycles. The lowest BCUT2D eigenvalue weighted by molar-refractivity contribution is -0.140. The molecule has 212 valence electrons. The Hall–Kier alpha value is -3.72. The number of rotatable bonds is 13. The maximum absolute atomic E-state index is 13.4. The first-order valence-corrected chi connectivity index (χ1v) is 13.1. The van der Waals surface area contributed by atoms with Crippen molar-refractivity contribution in [1.82, 2.24) is 4.90 Å². The van der Waals surface area contributed by atoms with Crippen LogP contribution in [-0.4, -0.2) is 68.9 Å². The molecule has 3 rings (SSSR count). The third-order valence-corrected chi connectivity index (χ3v) is 6.25. The summed E-state index contributed by atoms with van der Waals surface area (Å²) in [7, 11) is 4.48. The minimum Gasteiger partial charge on any atom is -0.507 e. The number of amides is 1. The van der Waals surface area contributed by atoms with Crippen LogP contribution in [0, 0.1) is 5.92 Å². The molecule has 1 amide bonds. The molecule has 1 unspecified atom stereocenters. The fourth-order valence-corrected chi connectivity index (χ4v) is 4.40. The lowest BCUT2D eigenvalue weighted by Gasteiger charge is -2.26. The van der Waals surface area contributed by atoms with Crippen LogP contribution in [0.5, 0.6) is 23.0 Å². The third-order valence-electron chi connectivity index (χ3n) is 6.25. The topological polar surface area (TPSA) is 104 Å². The zero-order chi connectivity index (χ0) is 28.7. The molecule has 0 spiro atoms. The monoisotopic (exact) mass is 541 g/mol. The molecule has 0 saturated carbocycles. The summed E-state index contributed by atoms with van der Waals surface area (Å²) >= 11 is 0. The highest BCUT2D eigenvalue weighted by Gasteiger charge is 2.46. The van der Waals surface area contributed by atoms with Crippen molar-refractivity contribution in [3.05, 3.63) is 53.1 Å². The maximum Gasteiger partial charge on any atom is 0.295 e. The quantitative estimate of drug-likeness (QED) is 0.164. The highest BCUT2D eigenvalue weighted by atomic mass is 16.5. The molecule has 1 heterocycles. The number of Topliss-reactive ketones (excluding diaryl/α,β-unsaturated/α-hetero) is 1. The average molecular weight is 542 g/mol. The van der Waals surface area contributed by atoms with E-state index in [0.29, 0.717) is 59.7 Å². The molecule has 0 bridgehead atoms. The number of methoxy groups -OCH3 is 3. The van der Waals surface area contributed by atoms with Crippen LogP contribution in [0.2, 0.25) is 0 Å². The summed E-state index contributed by atoms with van der Waals surface area (Å²) in [6, 6.07) is 9.28. The molecule has 39 heavy (non-hydrogen) atoms. The third kappa shape index (κ3) is 6.84. The van der Waals surface area contributed by atoms with Gasteiger partial charge in [0.25, 0.3) is 11.7 Å². The first-order valence-electron chi connectivity index (χ1n) is 13.1. The van der Waals surface area contributed by atoms with Gasteiger partial charge in [-0.1, -0.05) is 13.8 Å². The molecule has 9 nitrogen and oxygen atoms in total. The van der Waals surface area contributed by atoms with E-state index >= 15 is 0 Å². The van der Waals surface area contributed by atoms with E-state index in [1.165, 1.54) is 26.2 Å². The lowest BCUT2D eigenvalue weighted by atomic mass is 9.94. The van der Waals surface area contributed by atoms with Gasteiger partial charge in [-0.15, -0.1) is 0 Å². The normalized spacial score (nSPS) is 16.7. The van der Waals surface area contributed by atoms with Gasteiger partial charge < -0.3 is 33.7 Å². The number of likely N-dealkylation sites (tertiary alicyclic amines) is 1. The summed E-state index contributed by atoms with van der Waals surface area (Å²) in [5, 5.41) is 11.4. The molecule has 1 atom stereocenters. The van der Waals surface area contributed by atoms with Crippen molar-refractivity contribution in [1.29, 1.82) is 0 Å². The van der Waals surface area contributed by atoms with Crippen molar-refractivity contribution in [2.75, 3.05) is 41.1 Å². The Kier molecular flexibility index (Phi) is 10.2. The highest BCUT2D eigenvalue weighted by Crippen LogP contribution is 2.45. The Morgan fingerprint density at radius 3 is 2.08 bits per heavy atom. The summed E-state index contributed by atoms with van der Waals surface area (Å²) in [6.45, 7) is 9.19. The first-order chi connectivity index (χ1) is 18.6. The minimum atomic E-state index is -0.880. The van der Waals surface area contributed by atoms with Crippen molar-refractivity contribution in [3.8, 4) is 23.0 Å². The van der Waals surface area contributed by atoms with Gasteiger partial charge in [-0.3, -0.25) is 9.59 Å². The van der Waals surface area contributed by atoms with Crippen LogP contribution in [0.15, 0.2) is 42.0 Å². The Morgan fingerprint density at radius 1 is 0.949 bits per heavy atom. The van der Waals surface area contributed by atoms with Gasteiger partial charge in [0.15, 0.2) is 11.5 Å². The van der Waals surface area contributed by atoms with Crippen LogP contribution < -0.4 is 18.9 Å². The van der Waals surface area contributed by atoms with Crippen molar-refractivity contribution in [3.63, 3.8) is 0 Å². The van der Waals surface area contributed by atoms with E-state index in [1.54, 1.807) is 36.4 Å². The van der Waals surface area contributed by atoms with E-state index in [2.05, 4.69) is 13.8 Å². The summed E-state index contributed by atoms with van der Waals surface area (Å²) in [5.41, 5.74) is 0.910. The zero-order valence-electron chi connectivity index (χ0n) is 23.8. The number of carbonyl (C=O) groups excluding carboxylic acids is 2. The van der Waals surface area contributed by atoms with Gasteiger partial charge in [0.2, 0.25) is 5.75 Å². The van der Waals surface area contributed by atoms with Crippen molar-refractivity contribution in [2.24, 2.45) is 5.92 Å². The fraction of sp³-hybridized carbons (Fsp3) is 0.467. The SMILES string of the molecule is COc1cc(C2/C(=C(\O)c3ccc(OCC(C)C)cc3)C(=O)C(=O)N2CCCOC(C)C)cc(OC)c1OC. The zero-order valence-corrected chi connectivity index (χ0v) is 23.8. The van der Waals surface area contributed by atoms with E-state index in [-0.39, 0.29) is 24.0 Å². The van der Waals surface area contributed by atoms with Crippen molar-refractivity contribution < 1.29 is 38.4 Å². The smallest absolute Gasteiger partial charge is 0.295 e. The van der Waals surface area contributed by atoms with E-state index in [9.17, 15) is 14.7 Å². The Labute approximate surface area is 230 Å². The number of aliphatic hydroxyl groups is 1. The number of carbonyl (C=O) groups is 2. The van der Waals surface area contributed by atoms with Gasteiger partial charge in [-0.2, -0.15) is 0 Å². The number of ether oxygens (including phenoxy) is 5. The summed E-state index contributed by atoms with van der Waals surface area (Å²) in [5.74, 6) is 0.379. The summed E-state index contributed by atoms with van der Waals surface area (Å²) in [6.07, 6.45) is 0.549. The van der Waals surface area contributed by atoms with E-state index in [4.69, 9.17) is 23.7 Å². The molecule has 1 saturated heterocycles. The standard InChI is InChI=1S/C30H39NO8/c1-18(2)17-39-22-11-9-20(10-12-22)27(32)25-26(21-15-23(35-5)29(37-7)24(16-21)36-6)31(30(34)28(25)33)13-8-14-38-19(3)4/h9-12,15-16,18-19,26,32H,8,13-14,17H2,1-7H3/b27-25+. The number of ketones is 1. The Morgan fingerprint density at radius 2 is 1.56 bits per heavy atom. The second kappa shape index (κ2) is 13.4. The van der Waals surface area contributed by atoms with Gasteiger partial charge in [-0.25, -0.2) is 0 Å². The predicted molar refractivity (Wildman–Crippen MR) is 148 cm³/mol. The van der Waals surface area contributed by atoms with Gasteiger partial charge in [0, 0.05) is 18.7 Å². The summed E-state index contributed by atoms with van der Waals surface area (Å²) in [4.78, 5) is 28.1. The minimum absolute atomic E-state index is 0.0186. The van der Waals surface area contributed by atoms with Crippen molar-refractivity contribution >= 4 is 17.4 Å². The molecule has 2 aromatic rings. The largest absolute Gasteiger partial charge is 0.507 e. The number of hydrogen-bond donors (Lipinski definition) is 1. The molecule has 2 aromatic carbocycles. The number of hydrogen-bond acceptors (Lipinski definition) is 8. The van der Waals surface area contributed by atoms with Crippen LogP contribution in [0.25, 0.3) is 5.76 Å². The van der Waals surface area contributed by atoms with Gasteiger partial charge >= 0.3 is 0 Å². The van der Waals surface area contributed by atoms with E-state index in [1.807, 2.05) is 13.8 Å². The van der Waals surface area contributed by atoms with Gasteiger partial charge in [0.1, 0.15) is 11.5 Å². The fourth-order valence-electron chi connectivity index (χ4n) is 4.40. The second-order valence-corrected chi connectivity index (χ2v) is 9.95. The highest BCUT2D eigenvalue weighted by molar-refractivity contribution is 6.46. The van der Waals surface area contributed by atoms with Crippen LogP contribution in [0.3, 0.4) is 0 Å². The number of aliphatic hydroxyl groups excluding tert-OH is 1. The molecule has 1 aliphatic rings.